The average molecular weight is 270 g/mol. The first-order chi connectivity index (χ1) is 9.70. The van der Waals surface area contributed by atoms with Crippen molar-refractivity contribution in [1.82, 2.24) is 5.16 Å². The molecule has 1 N–H and O–H groups in total. The van der Waals surface area contributed by atoms with Gasteiger partial charge in [0.15, 0.2) is 5.78 Å². The zero-order valence-electron chi connectivity index (χ0n) is 11.8. The molecule has 1 heterocycles. The minimum atomic E-state index is 0.151. The molecule has 4 heteroatoms. The van der Waals surface area contributed by atoms with Gasteiger partial charge in [-0.25, -0.2) is 0 Å². The van der Waals surface area contributed by atoms with Gasteiger partial charge in [0.1, 0.15) is 12.0 Å². The quantitative estimate of drug-likeness (QED) is 0.870. The summed E-state index contributed by atoms with van der Waals surface area (Å²) < 4.78 is 5.07. The van der Waals surface area contributed by atoms with Crippen LogP contribution in [0.25, 0.3) is 0 Å². The number of ketones is 1. The summed E-state index contributed by atoms with van der Waals surface area (Å²) in [6.07, 6.45) is 4.48. The molecule has 104 valence electrons. The lowest BCUT2D eigenvalue weighted by atomic mass is 9.79. The van der Waals surface area contributed by atoms with Crippen molar-refractivity contribution in [3.05, 3.63) is 46.8 Å². The van der Waals surface area contributed by atoms with Crippen molar-refractivity contribution in [3.8, 4) is 0 Å². The standard InChI is InChI=1S/C16H18N2O2/c1-10(19)13-5-3-4-11-8-12(6-7-14(11)13)16-15(17-2)9-20-18-16/h3-5,9,12,17H,6-8H2,1-2H3. The molecule has 1 aliphatic rings. The first-order valence-electron chi connectivity index (χ1n) is 6.94. The number of rotatable bonds is 3. The third kappa shape index (κ3) is 2.11. The van der Waals surface area contributed by atoms with E-state index in [1.165, 1.54) is 11.1 Å². The summed E-state index contributed by atoms with van der Waals surface area (Å²) >= 11 is 0. The largest absolute Gasteiger partial charge is 0.384 e. The van der Waals surface area contributed by atoms with Crippen LogP contribution in [0, 0.1) is 0 Å². The van der Waals surface area contributed by atoms with Gasteiger partial charge in [-0.05, 0) is 37.3 Å². The number of fused-ring (bicyclic) bond motifs is 1. The van der Waals surface area contributed by atoms with Crippen molar-refractivity contribution < 1.29 is 9.32 Å². The second-order valence-electron chi connectivity index (χ2n) is 5.30. The van der Waals surface area contributed by atoms with Crippen LogP contribution < -0.4 is 5.32 Å². The zero-order valence-corrected chi connectivity index (χ0v) is 11.8. The normalized spacial score (nSPS) is 17.6. The summed E-state index contributed by atoms with van der Waals surface area (Å²) in [6.45, 7) is 1.64. The highest BCUT2D eigenvalue weighted by Crippen LogP contribution is 2.36. The van der Waals surface area contributed by atoms with Crippen LogP contribution in [-0.2, 0) is 12.8 Å². The van der Waals surface area contributed by atoms with E-state index < -0.39 is 0 Å². The number of hydrogen-bond donors (Lipinski definition) is 1. The molecule has 0 saturated carbocycles. The molecular formula is C16H18N2O2. The summed E-state index contributed by atoms with van der Waals surface area (Å²) in [5.74, 6) is 0.503. The van der Waals surface area contributed by atoms with Crippen molar-refractivity contribution in [2.75, 3.05) is 12.4 Å². The van der Waals surface area contributed by atoms with Gasteiger partial charge < -0.3 is 9.84 Å². The summed E-state index contributed by atoms with van der Waals surface area (Å²) in [4.78, 5) is 11.7. The minimum Gasteiger partial charge on any atom is -0.384 e. The van der Waals surface area contributed by atoms with Crippen LogP contribution in [0.15, 0.2) is 29.0 Å². The fourth-order valence-corrected chi connectivity index (χ4v) is 3.10. The fraction of sp³-hybridized carbons (Fsp3) is 0.375. The lowest BCUT2D eigenvalue weighted by molar-refractivity contribution is 0.101. The molecule has 0 spiro atoms. The van der Waals surface area contributed by atoms with Gasteiger partial charge in [0.25, 0.3) is 0 Å². The Kier molecular flexibility index (Phi) is 3.30. The molecule has 2 aromatic rings. The number of hydrogen-bond acceptors (Lipinski definition) is 4. The molecule has 0 saturated heterocycles. The van der Waals surface area contributed by atoms with Crippen LogP contribution in [0.4, 0.5) is 5.69 Å². The van der Waals surface area contributed by atoms with Gasteiger partial charge in [-0.1, -0.05) is 23.4 Å². The molecule has 0 aliphatic heterocycles. The fourth-order valence-electron chi connectivity index (χ4n) is 3.10. The van der Waals surface area contributed by atoms with Crippen LogP contribution in [-0.4, -0.2) is 18.0 Å². The van der Waals surface area contributed by atoms with E-state index in [-0.39, 0.29) is 5.78 Å². The number of aromatic nitrogens is 1. The Morgan fingerprint density at radius 1 is 1.45 bits per heavy atom. The highest BCUT2D eigenvalue weighted by molar-refractivity contribution is 5.96. The van der Waals surface area contributed by atoms with Gasteiger partial charge in [0.05, 0.1) is 5.69 Å². The SMILES string of the molecule is CNc1conc1C1CCc2c(cccc2C(C)=O)C1. The predicted molar refractivity (Wildman–Crippen MR) is 77.3 cm³/mol. The van der Waals surface area contributed by atoms with Crippen molar-refractivity contribution >= 4 is 11.5 Å². The van der Waals surface area contributed by atoms with Crippen molar-refractivity contribution in [1.29, 1.82) is 0 Å². The van der Waals surface area contributed by atoms with Crippen molar-refractivity contribution in [3.63, 3.8) is 0 Å². The molecule has 20 heavy (non-hydrogen) atoms. The maximum Gasteiger partial charge on any atom is 0.160 e. The molecule has 3 rings (SSSR count). The van der Waals surface area contributed by atoms with Crippen molar-refractivity contribution in [2.45, 2.75) is 32.1 Å². The molecular weight excluding hydrogens is 252 g/mol. The van der Waals surface area contributed by atoms with E-state index >= 15 is 0 Å². The number of anilines is 1. The Balaban J connectivity index is 1.93. The van der Waals surface area contributed by atoms with Gasteiger partial charge in [-0.2, -0.15) is 0 Å². The number of benzene rings is 1. The van der Waals surface area contributed by atoms with Crippen LogP contribution in [0.3, 0.4) is 0 Å². The highest BCUT2D eigenvalue weighted by atomic mass is 16.5. The van der Waals surface area contributed by atoms with Crippen LogP contribution in [0.2, 0.25) is 0 Å². The Morgan fingerprint density at radius 3 is 3.05 bits per heavy atom. The number of Topliss-reactive ketones (excluding diaryl/α,β-unsaturated/α-hetero) is 1. The second-order valence-corrected chi connectivity index (χ2v) is 5.30. The number of nitrogens with zero attached hydrogens (tertiary/aromatic N) is 1. The summed E-state index contributed by atoms with van der Waals surface area (Å²) in [5, 5.41) is 7.25. The summed E-state index contributed by atoms with van der Waals surface area (Å²) in [6, 6.07) is 6.02. The van der Waals surface area contributed by atoms with Crippen LogP contribution in [0.5, 0.6) is 0 Å². The van der Waals surface area contributed by atoms with E-state index in [0.717, 1.165) is 36.2 Å². The van der Waals surface area contributed by atoms with E-state index in [1.807, 2.05) is 19.2 Å². The zero-order chi connectivity index (χ0) is 14.1. The lowest BCUT2D eigenvalue weighted by Crippen LogP contribution is -2.16. The molecule has 4 nitrogen and oxygen atoms in total. The average Bonchev–Trinajstić information content (AvgIpc) is 2.94. The van der Waals surface area contributed by atoms with E-state index in [2.05, 4.69) is 16.5 Å². The van der Waals surface area contributed by atoms with E-state index in [0.29, 0.717) is 5.92 Å². The van der Waals surface area contributed by atoms with Gasteiger partial charge in [-0.3, -0.25) is 4.79 Å². The Morgan fingerprint density at radius 2 is 2.30 bits per heavy atom. The van der Waals surface area contributed by atoms with Gasteiger partial charge in [0.2, 0.25) is 0 Å². The first kappa shape index (κ1) is 12.9. The summed E-state index contributed by atoms with van der Waals surface area (Å²) in [7, 11) is 1.88. The molecule has 0 amide bonds. The Hall–Kier alpha value is -2.10. The topological polar surface area (TPSA) is 55.1 Å². The molecule has 0 bridgehead atoms. The maximum absolute atomic E-state index is 11.7. The van der Waals surface area contributed by atoms with E-state index in [1.54, 1.807) is 13.2 Å². The number of carbonyl (C=O) groups is 1. The predicted octanol–water partition coefficient (Wildman–Crippen LogP) is 3.19. The molecule has 0 radical (unpaired) electrons. The Bertz CT molecular complexity index is 646. The number of nitrogens with one attached hydrogen (secondary N) is 1. The lowest BCUT2D eigenvalue weighted by Gasteiger charge is -2.25. The molecule has 0 fully saturated rings. The third-order valence-electron chi connectivity index (χ3n) is 4.12. The second kappa shape index (κ2) is 5.12. The third-order valence-corrected chi connectivity index (χ3v) is 4.12. The maximum atomic E-state index is 11.7. The van der Waals surface area contributed by atoms with Crippen molar-refractivity contribution in [2.24, 2.45) is 0 Å². The minimum absolute atomic E-state index is 0.151. The number of carbonyl (C=O) groups excluding carboxylic acids is 1. The smallest absolute Gasteiger partial charge is 0.160 e. The molecule has 1 aliphatic carbocycles. The molecule has 1 atom stereocenters. The Labute approximate surface area is 118 Å². The van der Waals surface area contributed by atoms with Crippen LogP contribution in [0.1, 0.15) is 46.4 Å². The van der Waals surface area contributed by atoms with Crippen LogP contribution >= 0.6 is 0 Å². The van der Waals surface area contributed by atoms with Gasteiger partial charge >= 0.3 is 0 Å². The monoisotopic (exact) mass is 270 g/mol. The first-order valence-corrected chi connectivity index (χ1v) is 6.94. The summed E-state index contributed by atoms with van der Waals surface area (Å²) in [5.41, 5.74) is 5.30. The molecule has 1 aromatic heterocycles. The van der Waals surface area contributed by atoms with Gasteiger partial charge in [-0.15, -0.1) is 0 Å². The van der Waals surface area contributed by atoms with Gasteiger partial charge in [0, 0.05) is 18.5 Å². The highest BCUT2D eigenvalue weighted by Gasteiger charge is 2.26. The molecule has 1 unspecified atom stereocenters. The van der Waals surface area contributed by atoms with E-state index in [4.69, 9.17) is 4.52 Å². The van der Waals surface area contributed by atoms with E-state index in [9.17, 15) is 4.79 Å². The molecule has 1 aromatic carbocycles.